The molecule has 0 radical (unpaired) electrons. The molecule has 3 rings (SSSR count). The van der Waals surface area contributed by atoms with Gasteiger partial charge in [0.1, 0.15) is 0 Å². The Morgan fingerprint density at radius 3 is 3.24 bits per heavy atom. The Balaban J connectivity index is 1.57. The third-order valence-electron chi connectivity index (χ3n) is 4.42. The van der Waals surface area contributed by atoms with Crippen LogP contribution in [0.1, 0.15) is 29.0 Å². The molecule has 4 heteroatoms. The van der Waals surface area contributed by atoms with Crippen molar-refractivity contribution in [3.05, 3.63) is 34.5 Å². The molecule has 21 heavy (non-hydrogen) atoms. The molecule has 1 spiro atoms. The molecule has 116 valence electrons. The molecule has 0 unspecified atom stereocenters. The summed E-state index contributed by atoms with van der Waals surface area (Å²) >= 11 is 1.91. The average Bonchev–Trinajstić information content (AvgIpc) is 3.04. The zero-order valence-electron chi connectivity index (χ0n) is 12.8. The van der Waals surface area contributed by atoms with E-state index in [2.05, 4.69) is 30.5 Å². The third-order valence-corrected chi connectivity index (χ3v) is 5.40. The fourth-order valence-corrected chi connectivity index (χ4v) is 4.45. The summed E-state index contributed by atoms with van der Waals surface area (Å²) in [5.41, 5.74) is 0.0242. The summed E-state index contributed by atoms with van der Waals surface area (Å²) < 4.78 is 11.9. The van der Waals surface area contributed by atoms with E-state index < -0.39 is 0 Å². The number of thiophene rings is 1. The minimum Gasteiger partial charge on any atom is -0.372 e. The summed E-state index contributed by atoms with van der Waals surface area (Å²) in [6.45, 7) is 10.5. The molecule has 0 saturated carbocycles. The Kier molecular flexibility index (Phi) is 4.79. The molecule has 2 atom stereocenters. The Hall–Kier alpha value is -0.680. The Morgan fingerprint density at radius 2 is 2.48 bits per heavy atom. The molecule has 0 aliphatic carbocycles. The lowest BCUT2D eigenvalue weighted by atomic mass is 9.89. The van der Waals surface area contributed by atoms with Crippen LogP contribution in [-0.4, -0.2) is 42.9 Å². The second-order valence-electron chi connectivity index (χ2n) is 6.27. The number of rotatable bonds is 5. The largest absolute Gasteiger partial charge is 0.372 e. The first-order valence-electron chi connectivity index (χ1n) is 7.83. The van der Waals surface area contributed by atoms with Gasteiger partial charge in [-0.15, -0.1) is 17.9 Å². The molecule has 2 aliphatic heterocycles. The van der Waals surface area contributed by atoms with Crippen LogP contribution in [0.25, 0.3) is 0 Å². The van der Waals surface area contributed by atoms with Crippen LogP contribution in [-0.2, 0) is 16.0 Å². The highest BCUT2D eigenvalue weighted by Crippen LogP contribution is 2.36. The van der Waals surface area contributed by atoms with Crippen LogP contribution < -0.4 is 0 Å². The van der Waals surface area contributed by atoms with Crippen LogP contribution in [0.3, 0.4) is 0 Å². The van der Waals surface area contributed by atoms with Crippen LogP contribution in [0.15, 0.2) is 24.8 Å². The van der Waals surface area contributed by atoms with E-state index in [1.807, 2.05) is 17.4 Å². The van der Waals surface area contributed by atoms with Crippen molar-refractivity contribution in [1.29, 1.82) is 0 Å². The Bertz CT molecular complexity index is 487. The molecule has 3 nitrogen and oxygen atoms in total. The van der Waals surface area contributed by atoms with Gasteiger partial charge in [0.25, 0.3) is 0 Å². The molecule has 3 heterocycles. The highest BCUT2D eigenvalue weighted by molar-refractivity contribution is 7.11. The van der Waals surface area contributed by atoms with Crippen LogP contribution in [0.4, 0.5) is 0 Å². The molecule has 2 saturated heterocycles. The monoisotopic (exact) mass is 307 g/mol. The van der Waals surface area contributed by atoms with Gasteiger partial charge in [0.15, 0.2) is 0 Å². The van der Waals surface area contributed by atoms with Gasteiger partial charge < -0.3 is 9.47 Å². The molecule has 2 fully saturated rings. The first-order valence-corrected chi connectivity index (χ1v) is 8.65. The van der Waals surface area contributed by atoms with Crippen molar-refractivity contribution >= 4 is 11.3 Å². The van der Waals surface area contributed by atoms with Crippen molar-refractivity contribution in [2.24, 2.45) is 0 Å². The van der Waals surface area contributed by atoms with Crippen molar-refractivity contribution in [2.75, 3.05) is 26.3 Å². The van der Waals surface area contributed by atoms with Gasteiger partial charge in [-0.05, 0) is 38.4 Å². The van der Waals surface area contributed by atoms with E-state index in [4.69, 9.17) is 9.47 Å². The zero-order valence-corrected chi connectivity index (χ0v) is 13.7. The lowest BCUT2D eigenvalue weighted by Crippen LogP contribution is -2.47. The van der Waals surface area contributed by atoms with E-state index in [1.165, 1.54) is 29.1 Å². The van der Waals surface area contributed by atoms with Crippen molar-refractivity contribution in [3.63, 3.8) is 0 Å². The maximum atomic E-state index is 6.17. The number of piperidine rings is 1. The fraction of sp³-hybridized carbons (Fsp3) is 0.647. The van der Waals surface area contributed by atoms with E-state index in [0.717, 1.165) is 26.1 Å². The van der Waals surface area contributed by atoms with E-state index in [0.29, 0.717) is 6.61 Å². The molecular formula is C17H25NO2S. The van der Waals surface area contributed by atoms with E-state index in [9.17, 15) is 0 Å². The zero-order chi connectivity index (χ0) is 14.7. The van der Waals surface area contributed by atoms with E-state index in [-0.39, 0.29) is 11.7 Å². The van der Waals surface area contributed by atoms with Gasteiger partial charge in [-0.2, -0.15) is 0 Å². The summed E-state index contributed by atoms with van der Waals surface area (Å²) in [6.07, 6.45) is 5.48. The number of nitrogens with zero attached hydrogens (tertiary/aromatic N) is 1. The summed E-state index contributed by atoms with van der Waals surface area (Å²) in [7, 11) is 0. The number of aryl methyl sites for hydroxylation is 1. The smallest absolute Gasteiger partial charge is 0.0841 e. The summed E-state index contributed by atoms with van der Waals surface area (Å²) in [6, 6.07) is 4.47. The predicted octanol–water partition coefficient (Wildman–Crippen LogP) is 3.38. The highest BCUT2D eigenvalue weighted by atomic mass is 32.1. The lowest BCUT2D eigenvalue weighted by molar-refractivity contribution is -0.0542. The SMILES string of the molecule is C=CCO[C@H]1CO[C@]2(CCCN(Cc3ccc(C)s3)C2)C1. The minimum atomic E-state index is 0.0242. The number of hydrogen-bond donors (Lipinski definition) is 0. The number of ether oxygens (including phenoxy) is 2. The molecule has 1 aromatic heterocycles. The third kappa shape index (κ3) is 3.75. The predicted molar refractivity (Wildman–Crippen MR) is 86.8 cm³/mol. The molecule has 0 bridgehead atoms. The maximum absolute atomic E-state index is 6.17. The first-order chi connectivity index (χ1) is 10.2. The van der Waals surface area contributed by atoms with Gasteiger partial charge in [-0.25, -0.2) is 0 Å². The van der Waals surface area contributed by atoms with Crippen molar-refractivity contribution in [3.8, 4) is 0 Å². The maximum Gasteiger partial charge on any atom is 0.0841 e. The molecule has 0 N–H and O–H groups in total. The van der Waals surface area contributed by atoms with Crippen LogP contribution in [0, 0.1) is 6.92 Å². The highest BCUT2D eigenvalue weighted by Gasteiger charge is 2.43. The van der Waals surface area contributed by atoms with Crippen molar-refractivity contribution < 1.29 is 9.47 Å². The Labute approximate surface area is 131 Å². The van der Waals surface area contributed by atoms with E-state index in [1.54, 1.807) is 0 Å². The van der Waals surface area contributed by atoms with Gasteiger partial charge in [-0.3, -0.25) is 4.90 Å². The van der Waals surface area contributed by atoms with Gasteiger partial charge in [-0.1, -0.05) is 6.08 Å². The van der Waals surface area contributed by atoms with Crippen LogP contribution in [0.5, 0.6) is 0 Å². The standard InChI is InChI=1S/C17H25NO2S/c1-3-9-19-15-10-17(20-12-15)7-4-8-18(13-17)11-16-6-5-14(2)21-16/h3,5-6,15H,1,4,7-13H2,2H3/t15-,17-/m1/s1. The van der Waals surface area contributed by atoms with Gasteiger partial charge >= 0.3 is 0 Å². The number of hydrogen-bond acceptors (Lipinski definition) is 4. The molecule has 1 aromatic rings. The second kappa shape index (κ2) is 6.61. The minimum absolute atomic E-state index is 0.0242. The first kappa shape index (κ1) is 15.2. The second-order valence-corrected chi connectivity index (χ2v) is 7.64. The molecule has 2 aliphatic rings. The Morgan fingerprint density at radius 1 is 1.57 bits per heavy atom. The average molecular weight is 307 g/mol. The summed E-state index contributed by atoms with van der Waals surface area (Å²) in [5, 5.41) is 0. The van der Waals surface area contributed by atoms with Crippen LogP contribution in [0.2, 0.25) is 0 Å². The van der Waals surface area contributed by atoms with Crippen molar-refractivity contribution in [2.45, 2.75) is 44.4 Å². The van der Waals surface area contributed by atoms with Gasteiger partial charge in [0.05, 0.1) is 24.9 Å². The molecule has 0 amide bonds. The lowest BCUT2D eigenvalue weighted by Gasteiger charge is -2.39. The normalized spacial score (nSPS) is 30.0. The fourth-order valence-electron chi connectivity index (χ4n) is 3.51. The van der Waals surface area contributed by atoms with Gasteiger partial charge in [0.2, 0.25) is 0 Å². The summed E-state index contributed by atoms with van der Waals surface area (Å²) in [5.74, 6) is 0. The summed E-state index contributed by atoms with van der Waals surface area (Å²) in [4.78, 5) is 5.40. The quantitative estimate of drug-likeness (QED) is 0.778. The molecular weight excluding hydrogens is 282 g/mol. The van der Waals surface area contributed by atoms with Crippen molar-refractivity contribution in [1.82, 2.24) is 4.90 Å². The number of likely N-dealkylation sites (tertiary alicyclic amines) is 1. The van der Waals surface area contributed by atoms with Gasteiger partial charge in [0, 0.05) is 29.3 Å². The molecule has 0 aromatic carbocycles. The van der Waals surface area contributed by atoms with Crippen LogP contribution >= 0.6 is 11.3 Å². The van der Waals surface area contributed by atoms with E-state index >= 15 is 0 Å². The topological polar surface area (TPSA) is 21.7 Å².